The van der Waals surface area contributed by atoms with Gasteiger partial charge in [-0.2, -0.15) is 0 Å². The summed E-state index contributed by atoms with van der Waals surface area (Å²) >= 11 is 0. The molecule has 1 N–H and O–H groups in total. The smallest absolute Gasteiger partial charge is 0.0100 e. The second kappa shape index (κ2) is 6.75. The highest BCUT2D eigenvalue weighted by Crippen LogP contribution is 2.37. The molecule has 17 heavy (non-hydrogen) atoms. The van der Waals surface area contributed by atoms with Crippen LogP contribution in [-0.2, 0) is 0 Å². The van der Waals surface area contributed by atoms with Gasteiger partial charge in [0.05, 0.1) is 0 Å². The van der Waals surface area contributed by atoms with Crippen LogP contribution < -0.4 is 5.32 Å². The van der Waals surface area contributed by atoms with Crippen molar-refractivity contribution < 1.29 is 0 Å². The summed E-state index contributed by atoms with van der Waals surface area (Å²) in [6.45, 7) is 9.57. The minimum absolute atomic E-state index is 0.458. The molecule has 2 heteroatoms. The third-order valence-corrected chi connectivity index (χ3v) is 4.07. The molecule has 102 valence electrons. The molecule has 0 spiro atoms. The molecule has 1 rings (SSSR count). The van der Waals surface area contributed by atoms with Gasteiger partial charge in [0.15, 0.2) is 0 Å². The summed E-state index contributed by atoms with van der Waals surface area (Å²) in [6, 6.07) is 0.755. The van der Waals surface area contributed by atoms with E-state index in [0.717, 1.165) is 12.0 Å². The van der Waals surface area contributed by atoms with Gasteiger partial charge in [0.2, 0.25) is 0 Å². The van der Waals surface area contributed by atoms with E-state index in [4.69, 9.17) is 0 Å². The lowest BCUT2D eigenvalue weighted by atomic mass is 9.69. The van der Waals surface area contributed by atoms with Gasteiger partial charge < -0.3 is 10.2 Å². The molecule has 0 amide bonds. The predicted molar refractivity (Wildman–Crippen MR) is 76.4 cm³/mol. The third kappa shape index (κ3) is 5.39. The van der Waals surface area contributed by atoms with Crippen LogP contribution in [0.2, 0.25) is 0 Å². The number of nitrogens with one attached hydrogen (secondary N) is 1. The van der Waals surface area contributed by atoms with Gasteiger partial charge in [-0.25, -0.2) is 0 Å². The van der Waals surface area contributed by atoms with E-state index >= 15 is 0 Å². The highest BCUT2D eigenvalue weighted by molar-refractivity contribution is 4.88. The van der Waals surface area contributed by atoms with E-state index in [2.05, 4.69) is 45.1 Å². The van der Waals surface area contributed by atoms with Crippen molar-refractivity contribution in [2.45, 2.75) is 58.9 Å². The molecule has 1 saturated carbocycles. The van der Waals surface area contributed by atoms with Crippen LogP contribution in [0.25, 0.3) is 0 Å². The Kier molecular flexibility index (Phi) is 5.94. The van der Waals surface area contributed by atoms with Crippen LogP contribution in [0.5, 0.6) is 0 Å². The molecule has 0 radical (unpaired) electrons. The quantitative estimate of drug-likeness (QED) is 0.743. The minimum atomic E-state index is 0.458. The number of rotatable bonds is 5. The summed E-state index contributed by atoms with van der Waals surface area (Å²) in [5.74, 6) is 0.857. The minimum Gasteiger partial charge on any atom is -0.314 e. The van der Waals surface area contributed by atoms with E-state index in [0.29, 0.717) is 5.41 Å². The Balaban J connectivity index is 2.33. The van der Waals surface area contributed by atoms with Crippen molar-refractivity contribution in [2.75, 3.05) is 27.2 Å². The van der Waals surface area contributed by atoms with Gasteiger partial charge in [0.25, 0.3) is 0 Å². The van der Waals surface area contributed by atoms with Gasteiger partial charge in [-0.05, 0) is 57.8 Å². The summed E-state index contributed by atoms with van der Waals surface area (Å²) in [5, 5.41) is 3.81. The van der Waals surface area contributed by atoms with Crippen molar-refractivity contribution in [3.05, 3.63) is 0 Å². The van der Waals surface area contributed by atoms with E-state index in [-0.39, 0.29) is 0 Å². The fraction of sp³-hybridized carbons (Fsp3) is 1.00. The average Bonchev–Trinajstić information content (AvgIpc) is 2.23. The lowest BCUT2D eigenvalue weighted by Crippen LogP contribution is -2.44. The van der Waals surface area contributed by atoms with Crippen LogP contribution in [0.15, 0.2) is 0 Å². The van der Waals surface area contributed by atoms with Crippen LogP contribution in [0.4, 0.5) is 0 Å². The molecule has 0 aromatic rings. The van der Waals surface area contributed by atoms with Crippen molar-refractivity contribution in [3.63, 3.8) is 0 Å². The van der Waals surface area contributed by atoms with Crippen molar-refractivity contribution in [3.8, 4) is 0 Å². The predicted octanol–water partition coefficient (Wildman–Crippen LogP) is 3.13. The average molecular weight is 240 g/mol. The lowest BCUT2D eigenvalue weighted by Gasteiger charge is -2.41. The van der Waals surface area contributed by atoms with Gasteiger partial charge >= 0.3 is 0 Å². The molecule has 0 aliphatic heterocycles. The lowest BCUT2D eigenvalue weighted by molar-refractivity contribution is 0.130. The monoisotopic (exact) mass is 240 g/mol. The van der Waals surface area contributed by atoms with Crippen LogP contribution in [0.1, 0.15) is 52.9 Å². The Hall–Kier alpha value is -0.0800. The summed E-state index contributed by atoms with van der Waals surface area (Å²) in [7, 11) is 4.30. The van der Waals surface area contributed by atoms with E-state index < -0.39 is 0 Å². The Labute approximate surface area is 108 Å². The highest BCUT2D eigenvalue weighted by Gasteiger charge is 2.33. The van der Waals surface area contributed by atoms with E-state index in [1.165, 1.54) is 45.2 Å². The van der Waals surface area contributed by atoms with Gasteiger partial charge in [-0.1, -0.05) is 33.6 Å². The standard InChI is InChI=1S/C15H32N2/c1-15(2,3)13-9-6-7-10-14(13)16-11-8-12-17(4)5/h13-14,16H,6-12H2,1-5H3. The first-order chi connectivity index (χ1) is 7.91. The highest BCUT2D eigenvalue weighted by atomic mass is 15.1. The van der Waals surface area contributed by atoms with Crippen molar-refractivity contribution in [1.29, 1.82) is 0 Å². The van der Waals surface area contributed by atoms with Crippen molar-refractivity contribution >= 4 is 0 Å². The molecule has 2 unspecified atom stereocenters. The zero-order chi connectivity index (χ0) is 12.9. The van der Waals surface area contributed by atoms with Gasteiger partial charge in [-0.3, -0.25) is 0 Å². The number of hydrogen-bond acceptors (Lipinski definition) is 2. The summed E-state index contributed by atoms with van der Waals surface area (Å²) in [5.41, 5.74) is 0.458. The fourth-order valence-electron chi connectivity index (χ4n) is 3.09. The molecule has 1 aliphatic carbocycles. The molecule has 0 heterocycles. The second-order valence-corrected chi connectivity index (χ2v) is 6.97. The second-order valence-electron chi connectivity index (χ2n) is 6.97. The maximum absolute atomic E-state index is 3.81. The van der Waals surface area contributed by atoms with E-state index in [1.807, 2.05) is 0 Å². The van der Waals surface area contributed by atoms with E-state index in [1.54, 1.807) is 0 Å². The maximum Gasteiger partial charge on any atom is 0.0100 e. The van der Waals surface area contributed by atoms with Gasteiger partial charge in [-0.15, -0.1) is 0 Å². The van der Waals surface area contributed by atoms with Crippen LogP contribution in [-0.4, -0.2) is 38.1 Å². The fourth-order valence-corrected chi connectivity index (χ4v) is 3.09. The Bertz CT molecular complexity index is 205. The molecule has 0 bridgehead atoms. The first-order valence-corrected chi connectivity index (χ1v) is 7.29. The summed E-state index contributed by atoms with van der Waals surface area (Å²) in [6.07, 6.45) is 6.90. The van der Waals surface area contributed by atoms with Crippen molar-refractivity contribution in [2.24, 2.45) is 11.3 Å². The Morgan fingerprint density at radius 2 is 1.76 bits per heavy atom. The molecule has 2 atom stereocenters. The molecule has 1 fully saturated rings. The van der Waals surface area contributed by atoms with E-state index in [9.17, 15) is 0 Å². The number of hydrogen-bond donors (Lipinski definition) is 1. The first-order valence-electron chi connectivity index (χ1n) is 7.29. The van der Waals surface area contributed by atoms with Crippen LogP contribution in [0, 0.1) is 11.3 Å². The number of nitrogens with zero attached hydrogens (tertiary/aromatic N) is 1. The van der Waals surface area contributed by atoms with Crippen LogP contribution in [0.3, 0.4) is 0 Å². The molecule has 2 nitrogen and oxygen atoms in total. The molecule has 0 aromatic carbocycles. The molecular weight excluding hydrogens is 208 g/mol. The normalized spacial score (nSPS) is 26.5. The zero-order valence-electron chi connectivity index (χ0n) is 12.6. The van der Waals surface area contributed by atoms with Gasteiger partial charge in [0, 0.05) is 6.04 Å². The largest absolute Gasteiger partial charge is 0.314 e. The van der Waals surface area contributed by atoms with Crippen LogP contribution >= 0.6 is 0 Å². The topological polar surface area (TPSA) is 15.3 Å². The Morgan fingerprint density at radius 1 is 1.12 bits per heavy atom. The molecule has 0 aromatic heterocycles. The molecular formula is C15H32N2. The van der Waals surface area contributed by atoms with Gasteiger partial charge in [0.1, 0.15) is 0 Å². The summed E-state index contributed by atoms with van der Waals surface area (Å²) in [4.78, 5) is 2.27. The Morgan fingerprint density at radius 3 is 2.35 bits per heavy atom. The zero-order valence-corrected chi connectivity index (χ0v) is 12.6. The summed E-state index contributed by atoms with van der Waals surface area (Å²) < 4.78 is 0. The van der Waals surface area contributed by atoms with Crippen molar-refractivity contribution in [1.82, 2.24) is 10.2 Å². The molecule has 0 saturated heterocycles. The maximum atomic E-state index is 3.81. The SMILES string of the molecule is CN(C)CCCNC1CCCCC1C(C)(C)C. The molecule has 1 aliphatic rings. The first kappa shape index (κ1) is 15.0. The third-order valence-electron chi connectivity index (χ3n) is 4.07.